The Hall–Kier alpha value is -2.18. The number of carbonyl (C=O) groups is 1. The summed E-state index contributed by atoms with van der Waals surface area (Å²) >= 11 is 6.46. The lowest BCUT2D eigenvalue weighted by Gasteiger charge is -2.36. The number of nitrogens with zero attached hydrogens (tertiary/aromatic N) is 2. The van der Waals surface area contributed by atoms with Crippen LogP contribution in [-0.2, 0) is 14.3 Å². The van der Waals surface area contributed by atoms with Gasteiger partial charge in [0.1, 0.15) is 11.5 Å². The summed E-state index contributed by atoms with van der Waals surface area (Å²) in [6, 6.07) is 8.07. The molecule has 1 aromatic carbocycles. The van der Waals surface area contributed by atoms with Gasteiger partial charge < -0.3 is 24.0 Å². The topological polar surface area (TPSA) is 51.2 Å². The predicted molar refractivity (Wildman–Crippen MR) is 121 cm³/mol. The minimum atomic E-state index is -0.0591. The third kappa shape index (κ3) is 5.36. The molecule has 6 nitrogen and oxygen atoms in total. The van der Waals surface area contributed by atoms with Crippen molar-refractivity contribution in [3.05, 3.63) is 47.9 Å². The molecule has 0 saturated carbocycles. The zero-order valence-corrected chi connectivity index (χ0v) is 18.9. The largest absolute Gasteiger partial charge is 0.466 e. The van der Waals surface area contributed by atoms with Crippen LogP contribution in [0.4, 0.5) is 5.69 Å². The van der Waals surface area contributed by atoms with E-state index < -0.39 is 0 Å². The molecule has 2 aliphatic heterocycles. The Morgan fingerprint density at radius 2 is 2.13 bits per heavy atom. The number of fused-ring (bicyclic) bond motifs is 1. The summed E-state index contributed by atoms with van der Waals surface area (Å²) < 4.78 is 17.0. The number of alkyl halides is 1. The van der Waals surface area contributed by atoms with Crippen molar-refractivity contribution in [2.75, 3.05) is 44.5 Å². The van der Waals surface area contributed by atoms with Crippen molar-refractivity contribution in [1.82, 2.24) is 4.90 Å². The van der Waals surface area contributed by atoms with E-state index in [2.05, 4.69) is 15.9 Å². The van der Waals surface area contributed by atoms with Crippen molar-refractivity contribution >= 4 is 23.3 Å². The minimum Gasteiger partial charge on any atom is -0.466 e. The van der Waals surface area contributed by atoms with Crippen LogP contribution in [0.5, 0.6) is 5.75 Å². The number of allylic oxidation sites excluding steroid dienone is 3. The molecule has 2 atom stereocenters. The van der Waals surface area contributed by atoms with E-state index in [4.69, 9.17) is 25.8 Å². The quantitative estimate of drug-likeness (QED) is 0.479. The molecule has 7 heteroatoms. The van der Waals surface area contributed by atoms with Crippen LogP contribution >= 0.6 is 11.6 Å². The number of hydrogen-bond donors (Lipinski definition) is 0. The first-order valence-electron chi connectivity index (χ1n) is 11.2. The zero-order valence-electron chi connectivity index (χ0n) is 18.1. The van der Waals surface area contributed by atoms with Gasteiger partial charge in [0.05, 0.1) is 29.3 Å². The number of hydrogen-bond acceptors (Lipinski definition) is 6. The minimum absolute atomic E-state index is 0.00674. The van der Waals surface area contributed by atoms with Gasteiger partial charge in [0.25, 0.3) is 0 Å². The van der Waals surface area contributed by atoms with Crippen molar-refractivity contribution in [3.8, 4) is 5.75 Å². The Balaban J connectivity index is 1.45. The van der Waals surface area contributed by atoms with Crippen molar-refractivity contribution in [3.63, 3.8) is 0 Å². The molecule has 1 unspecified atom stereocenters. The van der Waals surface area contributed by atoms with E-state index in [9.17, 15) is 4.79 Å². The molecule has 0 bridgehead atoms. The molecule has 168 valence electrons. The standard InChI is InChI=1S/C24H31ClN2O4/c1-2-29-24(28)18-7-5-12-26(16-18)13-6-14-27-20-8-3-4-9-22(20)30-17-31-23-11-10-19(25)15-21(23)27/h3-4,8-11,18-19H,2,5-7,12-17H2,1H3/t18-,19?/m1/s1. The number of ether oxygens (including phenoxy) is 3. The Kier molecular flexibility index (Phi) is 7.41. The van der Waals surface area contributed by atoms with E-state index in [0.717, 1.165) is 74.8 Å². The molecule has 0 amide bonds. The second-order valence-corrected chi connectivity index (χ2v) is 8.72. The van der Waals surface area contributed by atoms with Crippen molar-refractivity contribution < 1.29 is 19.0 Å². The summed E-state index contributed by atoms with van der Waals surface area (Å²) in [5.41, 5.74) is 2.14. The summed E-state index contributed by atoms with van der Waals surface area (Å²) in [4.78, 5) is 16.8. The number of para-hydroxylation sites is 2. The second kappa shape index (κ2) is 10.4. The Bertz CT molecular complexity index is 841. The molecule has 1 fully saturated rings. The van der Waals surface area contributed by atoms with E-state index in [-0.39, 0.29) is 24.1 Å². The highest BCUT2D eigenvalue weighted by Crippen LogP contribution is 2.37. The van der Waals surface area contributed by atoms with Gasteiger partial charge in [-0.25, -0.2) is 0 Å². The fourth-order valence-corrected chi connectivity index (χ4v) is 4.76. The van der Waals surface area contributed by atoms with Gasteiger partial charge in [-0.1, -0.05) is 18.2 Å². The molecule has 3 aliphatic rings. The van der Waals surface area contributed by atoms with Crippen molar-refractivity contribution in [2.24, 2.45) is 5.92 Å². The number of halogens is 1. The molecule has 1 aliphatic carbocycles. The average molecular weight is 447 g/mol. The van der Waals surface area contributed by atoms with Crippen LogP contribution < -0.4 is 9.64 Å². The molecule has 0 spiro atoms. The van der Waals surface area contributed by atoms with Crippen LogP contribution in [0.15, 0.2) is 47.9 Å². The maximum absolute atomic E-state index is 12.2. The molecular formula is C24H31ClN2O4. The van der Waals surface area contributed by atoms with Crippen LogP contribution in [0.1, 0.15) is 32.6 Å². The van der Waals surface area contributed by atoms with Crippen LogP contribution in [0, 0.1) is 5.92 Å². The smallest absolute Gasteiger partial charge is 0.310 e. The lowest BCUT2D eigenvalue weighted by Crippen LogP contribution is -2.41. The van der Waals surface area contributed by atoms with E-state index in [1.807, 2.05) is 37.3 Å². The van der Waals surface area contributed by atoms with E-state index in [1.54, 1.807) is 0 Å². The average Bonchev–Trinajstić information content (AvgIpc) is 2.77. The van der Waals surface area contributed by atoms with E-state index in [1.165, 1.54) is 0 Å². The number of rotatable bonds is 6. The number of likely N-dealkylation sites (tertiary alicyclic amines) is 1. The monoisotopic (exact) mass is 446 g/mol. The third-order valence-corrected chi connectivity index (χ3v) is 6.32. The SMILES string of the molecule is CCOC(=O)[C@@H]1CCCN(CCCN2C3=C(C=CC(Cl)C3)OCOc3ccccc32)C1. The van der Waals surface area contributed by atoms with Crippen LogP contribution in [0.2, 0.25) is 0 Å². The fourth-order valence-electron chi connectivity index (χ4n) is 4.54. The van der Waals surface area contributed by atoms with Crippen molar-refractivity contribution in [2.45, 2.75) is 38.0 Å². The van der Waals surface area contributed by atoms with Crippen molar-refractivity contribution in [1.29, 1.82) is 0 Å². The van der Waals surface area contributed by atoms with Gasteiger partial charge in [0, 0.05) is 19.5 Å². The predicted octanol–water partition coefficient (Wildman–Crippen LogP) is 4.30. The maximum atomic E-state index is 12.2. The van der Waals surface area contributed by atoms with Crippen LogP contribution in [0.25, 0.3) is 0 Å². The highest BCUT2D eigenvalue weighted by molar-refractivity contribution is 6.22. The molecule has 31 heavy (non-hydrogen) atoms. The number of anilines is 1. The number of carbonyl (C=O) groups excluding carboxylic acids is 1. The molecule has 2 heterocycles. The first kappa shape index (κ1) is 22.0. The number of esters is 1. The molecule has 0 aromatic heterocycles. The van der Waals surface area contributed by atoms with Crippen LogP contribution in [-0.4, -0.2) is 55.8 Å². The highest BCUT2D eigenvalue weighted by atomic mass is 35.5. The highest BCUT2D eigenvalue weighted by Gasteiger charge is 2.28. The maximum Gasteiger partial charge on any atom is 0.310 e. The summed E-state index contributed by atoms with van der Waals surface area (Å²) in [5.74, 6) is 1.57. The van der Waals surface area contributed by atoms with Gasteiger partial charge in [-0.2, -0.15) is 0 Å². The lowest BCUT2D eigenvalue weighted by molar-refractivity contribution is -0.149. The second-order valence-electron chi connectivity index (χ2n) is 8.16. The first-order valence-corrected chi connectivity index (χ1v) is 11.7. The van der Waals surface area contributed by atoms with Gasteiger partial charge in [-0.05, 0) is 57.5 Å². The number of piperidine rings is 1. The van der Waals surface area contributed by atoms with E-state index >= 15 is 0 Å². The van der Waals surface area contributed by atoms with Gasteiger partial charge >= 0.3 is 5.97 Å². The Morgan fingerprint density at radius 3 is 3.00 bits per heavy atom. The van der Waals surface area contributed by atoms with Crippen LogP contribution in [0.3, 0.4) is 0 Å². The summed E-state index contributed by atoms with van der Waals surface area (Å²) in [6.07, 6.45) is 7.55. The van der Waals surface area contributed by atoms with Gasteiger partial charge in [-0.3, -0.25) is 4.79 Å². The Labute approximate surface area is 189 Å². The van der Waals surface area contributed by atoms with Gasteiger partial charge in [0.15, 0.2) is 0 Å². The van der Waals surface area contributed by atoms with E-state index in [0.29, 0.717) is 6.61 Å². The molecule has 1 aromatic rings. The molecule has 4 rings (SSSR count). The molecular weight excluding hydrogens is 416 g/mol. The zero-order chi connectivity index (χ0) is 21.6. The Morgan fingerprint density at radius 1 is 1.26 bits per heavy atom. The molecule has 0 N–H and O–H groups in total. The first-order chi connectivity index (χ1) is 15.2. The fraction of sp³-hybridized carbons (Fsp3) is 0.542. The lowest BCUT2D eigenvalue weighted by atomic mass is 9.98. The summed E-state index contributed by atoms with van der Waals surface area (Å²) in [7, 11) is 0. The van der Waals surface area contributed by atoms with Gasteiger partial charge in [-0.15, -0.1) is 11.6 Å². The number of benzene rings is 1. The third-order valence-electron chi connectivity index (χ3n) is 6.02. The summed E-state index contributed by atoms with van der Waals surface area (Å²) in [5, 5.41) is -0.0511. The molecule has 1 saturated heterocycles. The van der Waals surface area contributed by atoms with Gasteiger partial charge in [0.2, 0.25) is 6.79 Å². The molecule has 0 radical (unpaired) electrons. The summed E-state index contributed by atoms with van der Waals surface area (Å²) in [6.45, 7) is 6.05. The normalized spacial score (nSPS) is 23.7.